The minimum Gasteiger partial charge on any atom is -0.345 e. The van der Waals surface area contributed by atoms with Crippen molar-refractivity contribution >= 4 is 27.5 Å². The van der Waals surface area contributed by atoms with Crippen LogP contribution in [0.25, 0.3) is 0 Å². The monoisotopic (exact) mass is 474 g/mol. The smallest absolute Gasteiger partial charge is 0.253 e. The summed E-state index contributed by atoms with van der Waals surface area (Å²) in [6, 6.07) is 10.6. The van der Waals surface area contributed by atoms with Gasteiger partial charge in [-0.2, -0.15) is 4.31 Å². The lowest BCUT2D eigenvalue weighted by molar-refractivity contribution is 0.0940. The summed E-state index contributed by atoms with van der Waals surface area (Å²) in [5.41, 5.74) is 3.99. The molecule has 5 nitrogen and oxygen atoms in total. The van der Waals surface area contributed by atoms with Gasteiger partial charge in [0, 0.05) is 13.1 Å². The zero-order valence-corrected chi connectivity index (χ0v) is 20.1. The number of benzene rings is 2. The number of carbonyl (C=O) groups excluding carboxylic acids is 1. The number of nitrogens with one attached hydrogen (secondary N) is 1. The van der Waals surface area contributed by atoms with Gasteiger partial charge in [0.15, 0.2) is 0 Å². The minimum absolute atomic E-state index is 0.121. The summed E-state index contributed by atoms with van der Waals surface area (Å²) in [7, 11) is -3.65. The van der Waals surface area contributed by atoms with Gasteiger partial charge in [-0.1, -0.05) is 42.6 Å². The molecule has 32 heavy (non-hydrogen) atoms. The second-order valence-electron chi connectivity index (χ2n) is 8.89. The Bertz CT molecular complexity index is 1090. The summed E-state index contributed by atoms with van der Waals surface area (Å²) >= 11 is 6.31. The molecular formula is C25H31ClN2O3S. The van der Waals surface area contributed by atoms with Gasteiger partial charge >= 0.3 is 0 Å². The Morgan fingerprint density at radius 1 is 0.938 bits per heavy atom. The highest BCUT2D eigenvalue weighted by molar-refractivity contribution is 7.89. The lowest BCUT2D eigenvalue weighted by Gasteiger charge is -2.21. The van der Waals surface area contributed by atoms with E-state index < -0.39 is 10.0 Å². The molecule has 0 bridgehead atoms. The van der Waals surface area contributed by atoms with Crippen LogP contribution in [0.15, 0.2) is 41.3 Å². The fraction of sp³-hybridized carbons (Fsp3) is 0.480. The molecule has 2 aromatic rings. The summed E-state index contributed by atoms with van der Waals surface area (Å²) in [4.78, 5) is 13.2. The van der Waals surface area contributed by atoms with Gasteiger partial charge in [0.05, 0.1) is 21.5 Å². The van der Waals surface area contributed by atoms with E-state index in [1.807, 2.05) is 6.92 Å². The molecule has 1 atom stereocenters. The van der Waals surface area contributed by atoms with Crippen LogP contribution in [0.3, 0.4) is 0 Å². The third-order valence-electron chi connectivity index (χ3n) is 6.61. The second-order valence-corrected chi connectivity index (χ2v) is 11.2. The number of amides is 1. The van der Waals surface area contributed by atoms with Crippen LogP contribution in [0.4, 0.5) is 0 Å². The predicted molar refractivity (Wildman–Crippen MR) is 128 cm³/mol. The van der Waals surface area contributed by atoms with E-state index in [1.54, 1.807) is 0 Å². The van der Waals surface area contributed by atoms with Crippen molar-refractivity contribution in [1.82, 2.24) is 9.62 Å². The largest absolute Gasteiger partial charge is 0.345 e. The van der Waals surface area contributed by atoms with Crippen LogP contribution in [0.1, 0.15) is 78.5 Å². The molecule has 0 radical (unpaired) electrons. The number of sulfonamides is 1. The molecule has 172 valence electrons. The predicted octanol–water partition coefficient (Wildman–Crippen LogP) is 5.27. The van der Waals surface area contributed by atoms with E-state index in [1.165, 1.54) is 46.5 Å². The summed E-state index contributed by atoms with van der Waals surface area (Å²) < 4.78 is 27.8. The van der Waals surface area contributed by atoms with E-state index in [0.29, 0.717) is 13.1 Å². The van der Waals surface area contributed by atoms with Crippen molar-refractivity contribution in [1.29, 1.82) is 0 Å². The molecule has 1 saturated heterocycles. The Hall–Kier alpha value is -1.89. The highest BCUT2D eigenvalue weighted by Crippen LogP contribution is 2.27. The Balaban J connectivity index is 1.53. The quantitative estimate of drug-likeness (QED) is 0.641. The third kappa shape index (κ3) is 5.03. The first-order valence-corrected chi connectivity index (χ1v) is 13.4. The van der Waals surface area contributed by atoms with Crippen molar-refractivity contribution in [3.05, 3.63) is 63.7 Å². The van der Waals surface area contributed by atoms with E-state index in [2.05, 4.69) is 23.5 Å². The van der Waals surface area contributed by atoms with Gasteiger partial charge < -0.3 is 5.32 Å². The fourth-order valence-corrected chi connectivity index (χ4v) is 6.40. The van der Waals surface area contributed by atoms with Crippen molar-refractivity contribution in [3.8, 4) is 0 Å². The fourth-order valence-electron chi connectivity index (χ4n) is 4.65. The standard InChI is InChI=1S/C25H31ClN2O3S/c1-18(20-11-10-19-8-4-5-9-21(19)16-20)27-25(29)23-17-22(12-13-24(23)26)32(30,31)28-14-6-2-3-7-15-28/h10-13,16-18H,2-9,14-15H2,1H3,(H,27,29)/t18-/m1/s1. The topological polar surface area (TPSA) is 66.5 Å². The first-order chi connectivity index (χ1) is 15.4. The van der Waals surface area contributed by atoms with Crippen LogP contribution >= 0.6 is 11.6 Å². The molecular weight excluding hydrogens is 444 g/mol. The van der Waals surface area contributed by atoms with Crippen molar-refractivity contribution in [2.75, 3.05) is 13.1 Å². The summed E-state index contributed by atoms with van der Waals surface area (Å²) in [6.07, 6.45) is 8.42. The van der Waals surface area contributed by atoms with Crippen molar-refractivity contribution in [2.24, 2.45) is 0 Å². The summed E-state index contributed by atoms with van der Waals surface area (Å²) in [6.45, 7) is 2.97. The first-order valence-electron chi connectivity index (χ1n) is 11.6. The van der Waals surface area contributed by atoms with E-state index in [-0.39, 0.29) is 27.4 Å². The number of hydrogen-bond acceptors (Lipinski definition) is 3. The Morgan fingerprint density at radius 3 is 2.34 bits per heavy atom. The third-order valence-corrected chi connectivity index (χ3v) is 8.83. The molecule has 7 heteroatoms. The Labute approximate surface area is 196 Å². The number of fused-ring (bicyclic) bond motifs is 1. The number of rotatable bonds is 5. The van der Waals surface area contributed by atoms with Crippen molar-refractivity contribution in [3.63, 3.8) is 0 Å². The van der Waals surface area contributed by atoms with Gasteiger partial charge in [-0.05, 0) is 80.3 Å². The van der Waals surface area contributed by atoms with Crippen molar-refractivity contribution < 1.29 is 13.2 Å². The van der Waals surface area contributed by atoms with E-state index >= 15 is 0 Å². The lowest BCUT2D eigenvalue weighted by Crippen LogP contribution is -2.32. The summed E-state index contributed by atoms with van der Waals surface area (Å²) in [5, 5.41) is 3.24. The SMILES string of the molecule is C[C@@H](NC(=O)c1cc(S(=O)(=O)N2CCCCCC2)ccc1Cl)c1ccc2c(c1)CCCC2. The van der Waals surface area contributed by atoms with Gasteiger partial charge in [0.2, 0.25) is 10.0 Å². The second kappa shape index (κ2) is 9.94. The van der Waals surface area contributed by atoms with Crippen molar-refractivity contribution in [2.45, 2.75) is 69.2 Å². The van der Waals surface area contributed by atoms with E-state index in [9.17, 15) is 13.2 Å². The zero-order chi connectivity index (χ0) is 22.7. The van der Waals surface area contributed by atoms with Crippen LogP contribution in [0.5, 0.6) is 0 Å². The highest BCUT2D eigenvalue weighted by atomic mass is 35.5. The van der Waals surface area contributed by atoms with Crippen LogP contribution in [-0.4, -0.2) is 31.7 Å². The average molecular weight is 475 g/mol. The Morgan fingerprint density at radius 2 is 1.62 bits per heavy atom. The molecule has 0 saturated carbocycles. The van der Waals surface area contributed by atoms with Crippen LogP contribution < -0.4 is 5.32 Å². The van der Waals surface area contributed by atoms with Gasteiger partial charge in [0.1, 0.15) is 0 Å². The molecule has 0 aromatic heterocycles. The normalized spacial score (nSPS) is 18.4. The van der Waals surface area contributed by atoms with Gasteiger partial charge in [-0.25, -0.2) is 8.42 Å². The average Bonchev–Trinajstić information content (AvgIpc) is 3.09. The van der Waals surface area contributed by atoms with Gasteiger partial charge in [-0.15, -0.1) is 0 Å². The lowest BCUT2D eigenvalue weighted by atomic mass is 9.89. The molecule has 4 rings (SSSR count). The van der Waals surface area contributed by atoms with E-state index in [0.717, 1.165) is 44.1 Å². The maximum Gasteiger partial charge on any atom is 0.253 e. The molecule has 1 aliphatic heterocycles. The molecule has 2 aromatic carbocycles. The van der Waals surface area contributed by atoms with Crippen LogP contribution in [0, 0.1) is 0 Å². The zero-order valence-electron chi connectivity index (χ0n) is 18.6. The number of halogens is 1. The number of nitrogens with zero attached hydrogens (tertiary/aromatic N) is 1. The molecule has 2 aliphatic rings. The number of aryl methyl sites for hydroxylation is 2. The van der Waals surface area contributed by atoms with Crippen LogP contribution in [-0.2, 0) is 22.9 Å². The molecule has 0 spiro atoms. The molecule has 1 amide bonds. The number of carbonyl (C=O) groups is 1. The molecule has 0 unspecified atom stereocenters. The molecule has 1 aliphatic carbocycles. The Kier molecular flexibility index (Phi) is 7.23. The molecule has 1 fully saturated rings. The minimum atomic E-state index is -3.65. The molecule has 1 N–H and O–H groups in total. The van der Waals surface area contributed by atoms with Gasteiger partial charge in [-0.3, -0.25) is 4.79 Å². The van der Waals surface area contributed by atoms with E-state index in [4.69, 9.17) is 11.6 Å². The maximum atomic E-state index is 13.2. The first kappa shape index (κ1) is 23.3. The molecule has 1 heterocycles. The number of hydrogen-bond donors (Lipinski definition) is 1. The van der Waals surface area contributed by atoms with Crippen LogP contribution in [0.2, 0.25) is 5.02 Å². The maximum absolute atomic E-state index is 13.2. The summed E-state index contributed by atoms with van der Waals surface area (Å²) in [5.74, 6) is -0.367. The van der Waals surface area contributed by atoms with Gasteiger partial charge in [0.25, 0.3) is 5.91 Å². The highest BCUT2D eigenvalue weighted by Gasteiger charge is 2.27.